The van der Waals surface area contributed by atoms with Gasteiger partial charge in [-0.1, -0.05) is 48.6 Å². The van der Waals surface area contributed by atoms with Crippen LogP contribution in [0.4, 0.5) is 0 Å². The second-order valence-electron chi connectivity index (χ2n) is 7.91. The van der Waals surface area contributed by atoms with Crippen molar-refractivity contribution in [2.24, 2.45) is 0 Å². The smallest absolute Gasteiger partial charge is 0.399 e. The number of hydrogen-bond donors (Lipinski definition) is 0. The molecule has 1 aliphatic rings. The van der Waals surface area contributed by atoms with Gasteiger partial charge in [-0.25, -0.2) is 0 Å². The zero-order valence-electron chi connectivity index (χ0n) is 14.1. The van der Waals surface area contributed by atoms with E-state index in [-0.39, 0.29) is 18.3 Å². The van der Waals surface area contributed by atoms with Crippen molar-refractivity contribution in [1.29, 1.82) is 0 Å². The van der Waals surface area contributed by atoms with Crippen LogP contribution < -0.4 is 10.6 Å². The van der Waals surface area contributed by atoms with Gasteiger partial charge in [-0.05, 0) is 40.1 Å². The zero-order valence-corrected chi connectivity index (χ0v) is 15.1. The van der Waals surface area contributed by atoms with E-state index < -0.39 is 8.07 Å². The van der Waals surface area contributed by atoms with Gasteiger partial charge in [-0.2, -0.15) is 0 Å². The fourth-order valence-electron chi connectivity index (χ4n) is 2.38. The van der Waals surface area contributed by atoms with Crippen molar-refractivity contribution < 1.29 is 9.31 Å². The summed E-state index contributed by atoms with van der Waals surface area (Å²) in [7, 11) is -1.52. The summed E-state index contributed by atoms with van der Waals surface area (Å²) in [6, 6.07) is 6.75. The first-order valence-electron chi connectivity index (χ1n) is 7.41. The quantitative estimate of drug-likeness (QED) is 0.780. The molecule has 2 rings (SSSR count). The van der Waals surface area contributed by atoms with Gasteiger partial charge in [-0.3, -0.25) is 0 Å². The Morgan fingerprint density at radius 2 is 1.45 bits per heavy atom. The van der Waals surface area contributed by atoms with Crippen molar-refractivity contribution in [3.8, 4) is 0 Å². The molecule has 0 radical (unpaired) electrons. The van der Waals surface area contributed by atoms with Crippen LogP contribution in [0.2, 0.25) is 19.6 Å². The second-order valence-corrected chi connectivity index (χ2v) is 13.0. The molecule has 0 bridgehead atoms. The van der Waals surface area contributed by atoms with Gasteiger partial charge in [0.1, 0.15) is 0 Å². The highest BCUT2D eigenvalue weighted by Gasteiger charge is 2.52. The molecule has 20 heavy (non-hydrogen) atoms. The molecular formula is C16H27BO2Si. The maximum Gasteiger partial charge on any atom is 0.495 e. The molecular weight excluding hydrogens is 263 g/mol. The predicted molar refractivity (Wildman–Crippen MR) is 89.9 cm³/mol. The first kappa shape index (κ1) is 15.8. The van der Waals surface area contributed by atoms with Crippen LogP contribution in [0, 0.1) is 6.92 Å². The Hall–Kier alpha value is -0.578. The lowest BCUT2D eigenvalue weighted by atomic mass is 9.76. The highest BCUT2D eigenvalue weighted by atomic mass is 28.3. The van der Waals surface area contributed by atoms with E-state index in [4.69, 9.17) is 9.31 Å². The number of aryl methyl sites for hydroxylation is 1. The summed E-state index contributed by atoms with van der Waals surface area (Å²) in [6.45, 7) is 17.7. The Labute approximate surface area is 125 Å². The van der Waals surface area contributed by atoms with Crippen LogP contribution in [0.15, 0.2) is 18.2 Å². The Kier molecular flexibility index (Phi) is 3.73. The molecule has 2 nitrogen and oxygen atoms in total. The molecule has 0 saturated carbocycles. The van der Waals surface area contributed by atoms with Crippen molar-refractivity contribution in [2.45, 2.75) is 65.5 Å². The topological polar surface area (TPSA) is 18.5 Å². The summed E-state index contributed by atoms with van der Waals surface area (Å²) in [5.74, 6) is 0. The molecule has 1 aliphatic heterocycles. The third-order valence-electron chi connectivity index (χ3n) is 4.64. The van der Waals surface area contributed by atoms with Crippen molar-refractivity contribution in [2.75, 3.05) is 0 Å². The maximum atomic E-state index is 6.15. The number of hydrogen-bond acceptors (Lipinski definition) is 2. The maximum absolute atomic E-state index is 6.15. The van der Waals surface area contributed by atoms with E-state index in [0.717, 1.165) is 5.46 Å². The average Bonchev–Trinajstić information content (AvgIpc) is 2.46. The summed E-state index contributed by atoms with van der Waals surface area (Å²) in [5.41, 5.74) is 1.87. The standard InChI is InChI=1S/C16H27BO2Si/c1-12-11-13(20(6,7)8)9-10-14(12)17-18-15(2,3)16(4,5)19-17/h9-11H,1-8H3. The summed E-state index contributed by atoms with van der Waals surface area (Å²) < 4.78 is 12.3. The summed E-state index contributed by atoms with van der Waals surface area (Å²) in [4.78, 5) is 0. The first-order chi connectivity index (χ1) is 8.94. The third-order valence-corrected chi connectivity index (χ3v) is 6.69. The fourth-order valence-corrected chi connectivity index (χ4v) is 3.61. The first-order valence-corrected chi connectivity index (χ1v) is 10.9. The second kappa shape index (κ2) is 4.72. The SMILES string of the molecule is Cc1cc([Si](C)(C)C)ccc1B1OC(C)(C)C(C)(C)O1. The van der Waals surface area contributed by atoms with Gasteiger partial charge < -0.3 is 9.31 Å². The Morgan fingerprint density at radius 1 is 0.950 bits per heavy atom. The average molecular weight is 290 g/mol. The Morgan fingerprint density at radius 3 is 1.85 bits per heavy atom. The van der Waals surface area contributed by atoms with Gasteiger partial charge in [-0.15, -0.1) is 0 Å². The fraction of sp³-hybridized carbons (Fsp3) is 0.625. The molecule has 1 heterocycles. The minimum atomic E-state index is -1.27. The van der Waals surface area contributed by atoms with Crippen LogP contribution in [0.1, 0.15) is 33.3 Å². The van der Waals surface area contributed by atoms with Crippen molar-refractivity contribution in [1.82, 2.24) is 0 Å². The highest BCUT2D eigenvalue weighted by molar-refractivity contribution is 6.88. The lowest BCUT2D eigenvalue weighted by Gasteiger charge is -2.32. The van der Waals surface area contributed by atoms with Crippen LogP contribution in [0.25, 0.3) is 0 Å². The molecule has 0 N–H and O–H groups in total. The largest absolute Gasteiger partial charge is 0.495 e. The van der Waals surface area contributed by atoms with E-state index in [2.05, 4.69) is 72.5 Å². The lowest BCUT2D eigenvalue weighted by molar-refractivity contribution is 0.00578. The van der Waals surface area contributed by atoms with Crippen molar-refractivity contribution in [3.63, 3.8) is 0 Å². The van der Waals surface area contributed by atoms with Crippen LogP contribution in [0.5, 0.6) is 0 Å². The number of benzene rings is 1. The van der Waals surface area contributed by atoms with E-state index in [9.17, 15) is 0 Å². The zero-order chi connectivity index (χ0) is 15.3. The molecule has 0 aromatic heterocycles. The molecule has 0 aliphatic carbocycles. The van der Waals surface area contributed by atoms with E-state index >= 15 is 0 Å². The highest BCUT2D eigenvalue weighted by Crippen LogP contribution is 2.36. The van der Waals surface area contributed by atoms with Gasteiger partial charge >= 0.3 is 7.12 Å². The van der Waals surface area contributed by atoms with Gasteiger partial charge in [0.05, 0.1) is 19.3 Å². The molecule has 0 spiro atoms. The summed E-state index contributed by atoms with van der Waals surface area (Å²) in [6.07, 6.45) is 0. The van der Waals surface area contributed by atoms with E-state index in [0.29, 0.717) is 0 Å². The van der Waals surface area contributed by atoms with Crippen molar-refractivity contribution in [3.05, 3.63) is 23.8 Å². The Bertz CT molecular complexity index is 502. The van der Waals surface area contributed by atoms with Crippen molar-refractivity contribution >= 4 is 25.8 Å². The minimum Gasteiger partial charge on any atom is -0.399 e. The molecule has 0 unspecified atom stereocenters. The van der Waals surface area contributed by atoms with Crippen LogP contribution in [-0.2, 0) is 9.31 Å². The van der Waals surface area contributed by atoms with Gasteiger partial charge in [0, 0.05) is 0 Å². The summed E-state index contributed by atoms with van der Waals surface area (Å²) in [5, 5.41) is 1.48. The van der Waals surface area contributed by atoms with Gasteiger partial charge in [0.25, 0.3) is 0 Å². The molecule has 0 amide bonds. The molecule has 1 fully saturated rings. The van der Waals surface area contributed by atoms with Crippen LogP contribution >= 0.6 is 0 Å². The molecule has 110 valence electrons. The Balaban J connectivity index is 2.33. The van der Waals surface area contributed by atoms with E-state index in [1.807, 2.05) is 0 Å². The summed E-state index contributed by atoms with van der Waals surface area (Å²) >= 11 is 0. The molecule has 1 saturated heterocycles. The van der Waals surface area contributed by atoms with Gasteiger partial charge in [0.15, 0.2) is 0 Å². The van der Waals surface area contributed by atoms with Crippen LogP contribution in [-0.4, -0.2) is 26.4 Å². The molecule has 1 aromatic rings. The molecule has 4 heteroatoms. The lowest BCUT2D eigenvalue weighted by Crippen LogP contribution is -2.42. The monoisotopic (exact) mass is 290 g/mol. The molecule has 0 atom stereocenters. The predicted octanol–water partition coefficient (Wildman–Crippen LogP) is 2.84. The van der Waals surface area contributed by atoms with Crippen LogP contribution in [0.3, 0.4) is 0 Å². The third kappa shape index (κ3) is 2.74. The minimum absolute atomic E-state index is 0.254. The molecule has 1 aromatic carbocycles. The van der Waals surface area contributed by atoms with Gasteiger partial charge in [0.2, 0.25) is 0 Å². The normalized spacial score (nSPS) is 21.3. The number of rotatable bonds is 2. The van der Waals surface area contributed by atoms with E-state index in [1.165, 1.54) is 10.8 Å². The van der Waals surface area contributed by atoms with E-state index in [1.54, 1.807) is 0 Å².